The summed E-state index contributed by atoms with van der Waals surface area (Å²) in [6.45, 7) is 8.80. The highest BCUT2D eigenvalue weighted by Gasteiger charge is 2.52. The van der Waals surface area contributed by atoms with Gasteiger partial charge in [0.2, 0.25) is 0 Å². The van der Waals surface area contributed by atoms with Crippen molar-refractivity contribution in [2.24, 2.45) is 0 Å². The molecule has 1 unspecified atom stereocenters. The van der Waals surface area contributed by atoms with Gasteiger partial charge in [0, 0.05) is 18.8 Å². The third-order valence-electron chi connectivity index (χ3n) is 4.69. The minimum atomic E-state index is -0.572. The lowest BCUT2D eigenvalue weighted by molar-refractivity contribution is -0.126. The number of ketones is 1. The zero-order chi connectivity index (χ0) is 16.0. The van der Waals surface area contributed by atoms with Gasteiger partial charge in [0.1, 0.15) is 5.78 Å². The first-order chi connectivity index (χ1) is 10.3. The van der Waals surface area contributed by atoms with Crippen molar-refractivity contribution >= 4 is 18.5 Å². The Kier molecular flexibility index (Phi) is 3.83. The lowest BCUT2D eigenvalue weighted by Gasteiger charge is -2.32. The van der Waals surface area contributed by atoms with Crippen LogP contribution in [0.15, 0.2) is 12.4 Å². The molecule has 7 heteroatoms. The summed E-state index contributed by atoms with van der Waals surface area (Å²) < 4.78 is 17.3. The number of rotatable bonds is 2. The minimum Gasteiger partial charge on any atom is -0.398 e. The van der Waals surface area contributed by atoms with Gasteiger partial charge in [-0.25, -0.2) is 0 Å². The molecule has 6 nitrogen and oxygen atoms in total. The molecule has 1 atom stereocenters. The summed E-state index contributed by atoms with van der Waals surface area (Å²) in [5.41, 5.74) is 0.351. The van der Waals surface area contributed by atoms with E-state index in [1.165, 1.54) is 0 Å². The maximum atomic E-state index is 12.0. The molecule has 0 saturated carbocycles. The molecule has 0 amide bonds. The molecule has 0 bridgehead atoms. The summed E-state index contributed by atoms with van der Waals surface area (Å²) in [5.74, 6) is -0.199. The van der Waals surface area contributed by atoms with Crippen LogP contribution in [0.2, 0.25) is 0 Å². The average molecular weight is 304 g/mol. The zero-order valence-corrected chi connectivity index (χ0v) is 13.5. The lowest BCUT2D eigenvalue weighted by Crippen LogP contribution is -2.41. The Hall–Kier alpha value is -1.31. The van der Waals surface area contributed by atoms with Crippen LogP contribution < -0.4 is 5.59 Å². The zero-order valence-electron chi connectivity index (χ0n) is 13.5. The molecule has 2 aliphatic rings. The quantitative estimate of drug-likeness (QED) is 0.754. The van der Waals surface area contributed by atoms with Crippen LogP contribution in [-0.2, 0) is 18.8 Å². The first kappa shape index (κ1) is 15.6. The standard InChI is InChI=1S/C15H21BN2O4/c1-14(2)15(3,4)22-16(21-14)13-8-17-7-11(18-13)10-9-20-6-5-12(10)19/h7-8,10H,5-6,9H2,1-4H3. The Labute approximate surface area is 130 Å². The van der Waals surface area contributed by atoms with Crippen molar-refractivity contribution < 1.29 is 18.8 Å². The molecule has 118 valence electrons. The van der Waals surface area contributed by atoms with E-state index in [1.54, 1.807) is 12.4 Å². The van der Waals surface area contributed by atoms with Crippen molar-refractivity contribution in [2.45, 2.75) is 51.2 Å². The summed E-state index contributed by atoms with van der Waals surface area (Å²) in [5, 5.41) is 0. The molecule has 3 rings (SSSR count). The normalized spacial score (nSPS) is 27.2. The highest BCUT2D eigenvalue weighted by Crippen LogP contribution is 2.36. The second kappa shape index (κ2) is 5.40. The van der Waals surface area contributed by atoms with Gasteiger partial charge in [-0.15, -0.1) is 0 Å². The fraction of sp³-hybridized carbons (Fsp3) is 0.667. The van der Waals surface area contributed by atoms with Crippen molar-refractivity contribution in [3.05, 3.63) is 18.1 Å². The number of aromatic nitrogens is 2. The molecule has 2 aliphatic heterocycles. The molecule has 22 heavy (non-hydrogen) atoms. The van der Waals surface area contributed by atoms with Gasteiger partial charge in [0.25, 0.3) is 0 Å². The highest BCUT2D eigenvalue weighted by atomic mass is 16.7. The van der Waals surface area contributed by atoms with Crippen LogP contribution in [0.3, 0.4) is 0 Å². The van der Waals surface area contributed by atoms with E-state index in [2.05, 4.69) is 9.97 Å². The number of ether oxygens (including phenoxy) is 1. The van der Waals surface area contributed by atoms with E-state index in [9.17, 15) is 4.79 Å². The molecule has 0 radical (unpaired) electrons. The molecule has 1 aromatic rings. The van der Waals surface area contributed by atoms with Crippen LogP contribution in [0.25, 0.3) is 0 Å². The summed E-state index contributed by atoms with van der Waals surface area (Å²) in [6, 6.07) is 0. The van der Waals surface area contributed by atoms with E-state index in [-0.39, 0.29) is 11.7 Å². The molecule has 0 aromatic carbocycles. The third-order valence-corrected chi connectivity index (χ3v) is 4.69. The van der Waals surface area contributed by atoms with Crippen molar-refractivity contribution in [3.63, 3.8) is 0 Å². The number of hydrogen-bond donors (Lipinski definition) is 0. The monoisotopic (exact) mass is 304 g/mol. The largest absolute Gasteiger partial charge is 0.516 e. The Morgan fingerprint density at radius 1 is 1.18 bits per heavy atom. The van der Waals surface area contributed by atoms with Gasteiger partial charge in [-0.2, -0.15) is 0 Å². The Bertz CT molecular complexity index is 575. The molecular weight excluding hydrogens is 283 g/mol. The Morgan fingerprint density at radius 2 is 1.86 bits per heavy atom. The number of carbonyl (C=O) groups is 1. The predicted molar refractivity (Wildman–Crippen MR) is 80.9 cm³/mol. The second-order valence-corrected chi connectivity index (χ2v) is 6.80. The number of nitrogens with zero attached hydrogens (tertiary/aromatic N) is 2. The fourth-order valence-electron chi connectivity index (χ4n) is 2.53. The molecule has 3 heterocycles. The SMILES string of the molecule is CC1(C)OB(c2cncc(C3COCCC3=O)n2)OC1(C)C. The summed E-state index contributed by atoms with van der Waals surface area (Å²) in [6.07, 6.45) is 3.67. The van der Waals surface area contributed by atoms with Crippen LogP contribution in [0.4, 0.5) is 0 Å². The van der Waals surface area contributed by atoms with Crippen LogP contribution >= 0.6 is 0 Å². The Balaban J connectivity index is 1.85. The van der Waals surface area contributed by atoms with Gasteiger partial charge < -0.3 is 14.0 Å². The van der Waals surface area contributed by atoms with E-state index in [1.807, 2.05) is 27.7 Å². The van der Waals surface area contributed by atoms with E-state index < -0.39 is 18.3 Å². The number of Topliss-reactive ketones (excluding diaryl/α,β-unsaturated/α-hetero) is 1. The van der Waals surface area contributed by atoms with E-state index in [4.69, 9.17) is 14.0 Å². The summed E-state index contributed by atoms with van der Waals surface area (Å²) in [7, 11) is -0.572. The minimum absolute atomic E-state index is 0.145. The second-order valence-electron chi connectivity index (χ2n) is 6.80. The van der Waals surface area contributed by atoms with Gasteiger partial charge in [-0.3, -0.25) is 14.8 Å². The van der Waals surface area contributed by atoms with Crippen molar-refractivity contribution in [2.75, 3.05) is 13.2 Å². The fourth-order valence-corrected chi connectivity index (χ4v) is 2.53. The van der Waals surface area contributed by atoms with E-state index >= 15 is 0 Å². The summed E-state index contributed by atoms with van der Waals surface area (Å²) >= 11 is 0. The number of hydrogen-bond acceptors (Lipinski definition) is 6. The maximum Gasteiger partial charge on any atom is 0.516 e. The Morgan fingerprint density at radius 3 is 2.50 bits per heavy atom. The van der Waals surface area contributed by atoms with Crippen LogP contribution in [0, 0.1) is 0 Å². The van der Waals surface area contributed by atoms with Crippen LogP contribution in [0.1, 0.15) is 45.7 Å². The van der Waals surface area contributed by atoms with Gasteiger partial charge in [-0.1, -0.05) is 0 Å². The van der Waals surface area contributed by atoms with E-state index in [0.29, 0.717) is 30.9 Å². The number of carbonyl (C=O) groups excluding carboxylic acids is 1. The third kappa shape index (κ3) is 2.68. The van der Waals surface area contributed by atoms with Gasteiger partial charge in [0.15, 0.2) is 0 Å². The molecule has 0 aliphatic carbocycles. The van der Waals surface area contributed by atoms with Gasteiger partial charge in [0.05, 0.1) is 41.6 Å². The van der Waals surface area contributed by atoms with Crippen molar-refractivity contribution in [1.29, 1.82) is 0 Å². The first-order valence-corrected chi connectivity index (χ1v) is 7.58. The predicted octanol–water partition coefficient (Wildman–Crippen LogP) is 0.849. The molecule has 2 saturated heterocycles. The molecule has 2 fully saturated rings. The topological polar surface area (TPSA) is 70.5 Å². The maximum absolute atomic E-state index is 12.0. The lowest BCUT2D eigenvalue weighted by atomic mass is 9.84. The summed E-state index contributed by atoms with van der Waals surface area (Å²) in [4.78, 5) is 20.8. The van der Waals surface area contributed by atoms with Crippen LogP contribution in [0.5, 0.6) is 0 Å². The van der Waals surface area contributed by atoms with E-state index in [0.717, 1.165) is 0 Å². The first-order valence-electron chi connectivity index (χ1n) is 7.58. The average Bonchev–Trinajstić information content (AvgIpc) is 2.68. The molecule has 1 aromatic heterocycles. The van der Waals surface area contributed by atoms with Gasteiger partial charge >= 0.3 is 7.12 Å². The smallest absolute Gasteiger partial charge is 0.398 e. The molecular formula is C15H21BN2O4. The van der Waals surface area contributed by atoms with Gasteiger partial charge in [-0.05, 0) is 27.7 Å². The van der Waals surface area contributed by atoms with Crippen LogP contribution in [-0.4, -0.2) is 47.3 Å². The van der Waals surface area contributed by atoms with Crippen molar-refractivity contribution in [3.8, 4) is 0 Å². The highest BCUT2D eigenvalue weighted by molar-refractivity contribution is 6.61. The van der Waals surface area contributed by atoms with Crippen molar-refractivity contribution in [1.82, 2.24) is 9.97 Å². The molecule has 0 spiro atoms. The molecule has 0 N–H and O–H groups in total.